The van der Waals surface area contributed by atoms with Gasteiger partial charge in [0, 0.05) is 25.9 Å². The summed E-state index contributed by atoms with van der Waals surface area (Å²) in [6.07, 6.45) is 1.90. The summed E-state index contributed by atoms with van der Waals surface area (Å²) in [5.41, 5.74) is 2.78. The van der Waals surface area contributed by atoms with Gasteiger partial charge in [0.05, 0.1) is 12.8 Å². The van der Waals surface area contributed by atoms with E-state index in [1.807, 2.05) is 44.3 Å². The van der Waals surface area contributed by atoms with Crippen LogP contribution >= 0.6 is 0 Å². The summed E-state index contributed by atoms with van der Waals surface area (Å²) in [5, 5.41) is 4.58. The van der Waals surface area contributed by atoms with Gasteiger partial charge in [-0.1, -0.05) is 12.1 Å². The number of hydrogen-bond acceptors (Lipinski definition) is 3. The molecule has 0 spiro atoms. The molecule has 5 nitrogen and oxygen atoms in total. The van der Waals surface area contributed by atoms with Gasteiger partial charge in [-0.05, 0) is 31.5 Å². The first kappa shape index (κ1) is 15.1. The van der Waals surface area contributed by atoms with Gasteiger partial charge >= 0.3 is 0 Å². The number of aromatic nitrogens is 2. The highest BCUT2D eigenvalue weighted by Gasteiger charge is 2.20. The van der Waals surface area contributed by atoms with E-state index < -0.39 is 0 Å². The second kappa shape index (κ2) is 5.99. The fraction of sp³-hybridized carbons (Fsp3) is 0.375. The van der Waals surface area contributed by atoms with Gasteiger partial charge in [0.2, 0.25) is 5.91 Å². The highest BCUT2D eigenvalue weighted by molar-refractivity contribution is 5.79. The van der Waals surface area contributed by atoms with Crippen molar-refractivity contribution in [3.05, 3.63) is 36.0 Å². The minimum absolute atomic E-state index is 0.0177. The Balaban J connectivity index is 2.42. The predicted octanol–water partition coefficient (Wildman–Crippen LogP) is 2.52. The number of carbonyl (C=O) groups excluding carboxylic acids is 1. The molecule has 1 amide bonds. The number of rotatable bonds is 4. The maximum Gasteiger partial charge on any atom is 0.246 e. The fourth-order valence-electron chi connectivity index (χ4n) is 2.27. The van der Waals surface area contributed by atoms with Gasteiger partial charge in [-0.25, -0.2) is 0 Å². The molecule has 0 unspecified atom stereocenters. The van der Waals surface area contributed by atoms with Crippen molar-refractivity contribution in [1.29, 1.82) is 0 Å². The Morgan fingerprint density at radius 3 is 2.62 bits per heavy atom. The van der Waals surface area contributed by atoms with Crippen molar-refractivity contribution >= 4 is 5.91 Å². The average molecular weight is 287 g/mol. The molecule has 0 saturated heterocycles. The summed E-state index contributed by atoms with van der Waals surface area (Å²) in [4.78, 5) is 13.6. The monoisotopic (exact) mass is 287 g/mol. The molecular weight excluding hydrogens is 266 g/mol. The largest absolute Gasteiger partial charge is 0.496 e. The first-order valence-corrected chi connectivity index (χ1v) is 6.86. The lowest BCUT2D eigenvalue weighted by Gasteiger charge is -2.17. The molecule has 0 saturated carbocycles. The van der Waals surface area contributed by atoms with Gasteiger partial charge in [-0.15, -0.1) is 0 Å². The predicted molar refractivity (Wildman–Crippen MR) is 82.4 cm³/mol. The first-order chi connectivity index (χ1) is 9.95. The zero-order chi connectivity index (χ0) is 15.6. The molecule has 0 bridgehead atoms. The SMILES string of the molecule is COc1ccccc1-c1nn([C@H](C)C(=O)N(C)C)cc1C. The molecule has 1 atom stereocenters. The van der Waals surface area contributed by atoms with Crippen LogP contribution in [0.4, 0.5) is 0 Å². The van der Waals surface area contributed by atoms with E-state index in [0.717, 1.165) is 22.6 Å². The first-order valence-electron chi connectivity index (χ1n) is 6.86. The quantitative estimate of drug-likeness (QED) is 0.868. The van der Waals surface area contributed by atoms with Crippen LogP contribution in [-0.2, 0) is 4.79 Å². The Morgan fingerprint density at radius 2 is 2.00 bits per heavy atom. The third kappa shape index (κ3) is 2.91. The zero-order valence-corrected chi connectivity index (χ0v) is 13.1. The summed E-state index contributed by atoms with van der Waals surface area (Å²) < 4.78 is 7.09. The summed E-state index contributed by atoms with van der Waals surface area (Å²) in [7, 11) is 5.13. The average Bonchev–Trinajstić information content (AvgIpc) is 2.87. The van der Waals surface area contributed by atoms with Crippen LogP contribution in [0.1, 0.15) is 18.5 Å². The van der Waals surface area contributed by atoms with Crippen molar-refractivity contribution in [2.75, 3.05) is 21.2 Å². The molecule has 0 aliphatic carbocycles. The standard InChI is InChI=1S/C16H21N3O2/c1-11-10-19(12(2)16(20)18(3)4)17-15(11)13-8-6-7-9-14(13)21-5/h6-10,12H,1-5H3/t12-/m1/s1. The van der Waals surface area contributed by atoms with Crippen LogP contribution in [0.15, 0.2) is 30.5 Å². The second-order valence-corrected chi connectivity index (χ2v) is 5.25. The molecule has 0 N–H and O–H groups in total. The van der Waals surface area contributed by atoms with Crippen molar-refractivity contribution in [1.82, 2.24) is 14.7 Å². The third-order valence-corrected chi connectivity index (χ3v) is 3.47. The fourth-order valence-corrected chi connectivity index (χ4v) is 2.27. The molecule has 2 aromatic rings. The Hall–Kier alpha value is -2.30. The van der Waals surface area contributed by atoms with Crippen molar-refractivity contribution in [2.24, 2.45) is 0 Å². The third-order valence-electron chi connectivity index (χ3n) is 3.47. The van der Waals surface area contributed by atoms with Crippen LogP contribution in [0.5, 0.6) is 5.75 Å². The summed E-state index contributed by atoms with van der Waals surface area (Å²) in [6.45, 7) is 3.83. The zero-order valence-electron chi connectivity index (χ0n) is 13.1. The second-order valence-electron chi connectivity index (χ2n) is 5.25. The minimum atomic E-state index is -0.331. The number of nitrogens with zero attached hydrogens (tertiary/aromatic N) is 3. The number of aryl methyl sites for hydroxylation is 1. The minimum Gasteiger partial charge on any atom is -0.496 e. The van der Waals surface area contributed by atoms with E-state index in [1.165, 1.54) is 0 Å². The molecule has 0 aliphatic heterocycles. The van der Waals surface area contributed by atoms with Crippen LogP contribution in [0.3, 0.4) is 0 Å². The molecule has 21 heavy (non-hydrogen) atoms. The highest BCUT2D eigenvalue weighted by Crippen LogP contribution is 2.31. The highest BCUT2D eigenvalue weighted by atomic mass is 16.5. The molecule has 1 aromatic carbocycles. The number of ether oxygens (including phenoxy) is 1. The summed E-state index contributed by atoms with van der Waals surface area (Å²) in [5.74, 6) is 0.793. The molecule has 5 heteroatoms. The number of methoxy groups -OCH3 is 1. The number of likely N-dealkylation sites (N-methyl/N-ethyl adjacent to an activating group) is 1. The summed E-state index contributed by atoms with van der Waals surface area (Å²) >= 11 is 0. The molecule has 2 rings (SSSR count). The van der Waals surface area contributed by atoms with Gasteiger partial charge in [0.15, 0.2) is 0 Å². The van der Waals surface area contributed by atoms with Gasteiger partial charge in [-0.2, -0.15) is 5.10 Å². The van der Waals surface area contributed by atoms with Crippen molar-refractivity contribution in [3.8, 4) is 17.0 Å². The Labute approximate surface area is 125 Å². The van der Waals surface area contributed by atoms with Gasteiger partial charge in [0.1, 0.15) is 11.8 Å². The molecule has 0 fully saturated rings. The van der Waals surface area contributed by atoms with E-state index >= 15 is 0 Å². The number of amides is 1. The van der Waals surface area contributed by atoms with Gasteiger partial charge in [-0.3, -0.25) is 9.48 Å². The van der Waals surface area contributed by atoms with Gasteiger partial charge in [0.25, 0.3) is 0 Å². The Bertz CT molecular complexity index is 647. The maximum absolute atomic E-state index is 12.1. The Kier molecular flexibility index (Phi) is 4.31. The normalized spacial score (nSPS) is 12.0. The van der Waals surface area contributed by atoms with E-state index in [4.69, 9.17) is 4.74 Å². The van der Waals surface area contributed by atoms with Crippen LogP contribution < -0.4 is 4.74 Å². The van der Waals surface area contributed by atoms with Crippen LogP contribution in [-0.4, -0.2) is 41.8 Å². The van der Waals surface area contributed by atoms with E-state index in [0.29, 0.717) is 0 Å². The van der Waals surface area contributed by atoms with Crippen molar-refractivity contribution in [2.45, 2.75) is 19.9 Å². The van der Waals surface area contributed by atoms with Crippen molar-refractivity contribution < 1.29 is 9.53 Å². The Morgan fingerprint density at radius 1 is 1.33 bits per heavy atom. The van der Waals surface area contributed by atoms with E-state index in [1.54, 1.807) is 30.8 Å². The number of carbonyl (C=O) groups is 1. The number of para-hydroxylation sites is 1. The lowest BCUT2D eigenvalue weighted by atomic mass is 10.1. The number of benzene rings is 1. The van der Waals surface area contributed by atoms with Crippen LogP contribution in [0.2, 0.25) is 0 Å². The lowest BCUT2D eigenvalue weighted by Crippen LogP contribution is -2.30. The van der Waals surface area contributed by atoms with E-state index in [9.17, 15) is 4.79 Å². The molecule has 1 aromatic heterocycles. The van der Waals surface area contributed by atoms with Crippen LogP contribution in [0, 0.1) is 6.92 Å². The van der Waals surface area contributed by atoms with E-state index in [2.05, 4.69) is 5.10 Å². The van der Waals surface area contributed by atoms with E-state index in [-0.39, 0.29) is 11.9 Å². The smallest absolute Gasteiger partial charge is 0.246 e. The maximum atomic E-state index is 12.1. The lowest BCUT2D eigenvalue weighted by molar-refractivity contribution is -0.131. The molecule has 112 valence electrons. The molecular formula is C16H21N3O2. The molecule has 0 radical (unpaired) electrons. The van der Waals surface area contributed by atoms with Gasteiger partial charge < -0.3 is 9.64 Å². The molecule has 0 aliphatic rings. The topological polar surface area (TPSA) is 47.4 Å². The molecule has 1 heterocycles. The van der Waals surface area contributed by atoms with Crippen LogP contribution in [0.25, 0.3) is 11.3 Å². The summed E-state index contributed by atoms with van der Waals surface area (Å²) in [6, 6.07) is 7.42. The van der Waals surface area contributed by atoms with Crippen molar-refractivity contribution in [3.63, 3.8) is 0 Å². The number of hydrogen-bond donors (Lipinski definition) is 0.